The maximum absolute atomic E-state index is 9.75. The summed E-state index contributed by atoms with van der Waals surface area (Å²) in [7, 11) is 1.62. The largest absolute Gasteiger partial charge is 0.481 e. The maximum Gasteiger partial charge on any atom is 0.212 e. The number of ether oxygens (including phenoxy) is 1. The zero-order valence-electron chi connectivity index (χ0n) is 20.9. The van der Waals surface area contributed by atoms with E-state index < -0.39 is 0 Å². The number of aromatic amines is 1. The van der Waals surface area contributed by atoms with Gasteiger partial charge in [0.25, 0.3) is 0 Å². The van der Waals surface area contributed by atoms with Crippen molar-refractivity contribution in [1.82, 2.24) is 34.7 Å². The molecule has 6 rings (SSSR count). The van der Waals surface area contributed by atoms with E-state index in [2.05, 4.69) is 42.2 Å². The number of hydrogen-bond acceptors (Lipinski definition) is 9. The number of fused-ring (bicyclic) bond motifs is 1. The van der Waals surface area contributed by atoms with Gasteiger partial charge in [0.15, 0.2) is 5.82 Å². The zero-order valence-corrected chi connectivity index (χ0v) is 20.9. The molecule has 0 bridgehead atoms. The summed E-state index contributed by atoms with van der Waals surface area (Å²) in [6.45, 7) is 4.49. The van der Waals surface area contributed by atoms with Gasteiger partial charge in [0, 0.05) is 85.8 Å². The van der Waals surface area contributed by atoms with Gasteiger partial charge in [-0.05, 0) is 23.8 Å². The molecular weight excluding hydrogens is 480 g/mol. The van der Waals surface area contributed by atoms with E-state index in [0.29, 0.717) is 17.0 Å². The molecule has 1 fully saturated rings. The van der Waals surface area contributed by atoms with Gasteiger partial charge in [-0.1, -0.05) is 6.07 Å². The van der Waals surface area contributed by atoms with Crippen LogP contribution in [-0.4, -0.2) is 68.0 Å². The molecule has 5 aromatic heterocycles. The highest BCUT2D eigenvalue weighted by Crippen LogP contribution is 2.33. The van der Waals surface area contributed by atoms with Crippen LogP contribution in [0.4, 0.5) is 11.6 Å². The fourth-order valence-corrected chi connectivity index (χ4v) is 4.84. The first-order valence-electron chi connectivity index (χ1n) is 12.3. The normalized spacial score (nSPS) is 14.1. The number of H-pyrrole nitrogens is 1. The lowest BCUT2D eigenvalue weighted by atomic mass is 10.0. The van der Waals surface area contributed by atoms with Crippen molar-refractivity contribution < 1.29 is 4.74 Å². The zero-order chi connectivity index (χ0) is 26.1. The van der Waals surface area contributed by atoms with Gasteiger partial charge in [-0.3, -0.25) is 10.00 Å². The van der Waals surface area contributed by atoms with Gasteiger partial charge in [0.05, 0.1) is 18.8 Å². The number of anilines is 2. The minimum Gasteiger partial charge on any atom is -0.481 e. The van der Waals surface area contributed by atoms with E-state index in [-0.39, 0.29) is 5.82 Å². The highest BCUT2D eigenvalue weighted by Gasteiger charge is 2.20. The third kappa shape index (κ3) is 4.38. The lowest BCUT2D eigenvalue weighted by Crippen LogP contribution is -2.46. The van der Waals surface area contributed by atoms with E-state index in [1.54, 1.807) is 17.8 Å². The minimum atomic E-state index is 0.200. The Morgan fingerprint density at radius 2 is 1.89 bits per heavy atom. The first kappa shape index (κ1) is 23.4. The molecule has 11 heteroatoms. The molecule has 0 aromatic carbocycles. The Morgan fingerprint density at radius 3 is 2.55 bits per heavy atom. The summed E-state index contributed by atoms with van der Waals surface area (Å²) in [5.41, 5.74) is 11.8. The summed E-state index contributed by atoms with van der Waals surface area (Å²) in [4.78, 5) is 13.8. The predicted molar refractivity (Wildman–Crippen MR) is 143 cm³/mol. The Balaban J connectivity index is 1.22. The molecule has 0 aliphatic carbocycles. The summed E-state index contributed by atoms with van der Waals surface area (Å²) in [5.74, 6) is 1.75. The van der Waals surface area contributed by atoms with E-state index in [1.165, 1.54) is 5.56 Å². The molecule has 3 N–H and O–H groups in total. The Morgan fingerprint density at radius 1 is 1.03 bits per heavy atom. The molecule has 1 saturated heterocycles. The van der Waals surface area contributed by atoms with E-state index in [1.807, 2.05) is 49.1 Å². The van der Waals surface area contributed by atoms with Gasteiger partial charge in [-0.2, -0.15) is 10.4 Å². The van der Waals surface area contributed by atoms with Crippen molar-refractivity contribution >= 4 is 17.2 Å². The third-order valence-corrected chi connectivity index (χ3v) is 6.87. The molecule has 0 saturated carbocycles. The summed E-state index contributed by atoms with van der Waals surface area (Å²) in [6, 6.07) is 12.2. The molecule has 1 aliphatic heterocycles. The molecule has 11 nitrogen and oxygen atoms in total. The summed E-state index contributed by atoms with van der Waals surface area (Å²) >= 11 is 0. The van der Waals surface area contributed by atoms with Crippen LogP contribution in [0.1, 0.15) is 11.1 Å². The lowest BCUT2D eigenvalue weighted by molar-refractivity contribution is 0.249. The molecule has 190 valence electrons. The van der Waals surface area contributed by atoms with Crippen LogP contribution < -0.4 is 15.4 Å². The second kappa shape index (κ2) is 9.84. The molecule has 0 spiro atoms. The van der Waals surface area contributed by atoms with Crippen LogP contribution >= 0.6 is 0 Å². The maximum atomic E-state index is 9.75. The van der Waals surface area contributed by atoms with Crippen molar-refractivity contribution in [2.45, 2.75) is 6.54 Å². The molecule has 5 aromatic rings. The van der Waals surface area contributed by atoms with Crippen LogP contribution in [0.5, 0.6) is 5.88 Å². The minimum absolute atomic E-state index is 0.200. The molecule has 0 unspecified atom stereocenters. The molecule has 1 aliphatic rings. The number of nitrogens with zero attached hydrogens (tertiary/aromatic N) is 8. The number of piperazine rings is 1. The number of nitrogen functional groups attached to an aromatic ring is 1. The Labute approximate surface area is 219 Å². The number of aromatic nitrogens is 6. The quantitative estimate of drug-likeness (QED) is 0.356. The summed E-state index contributed by atoms with van der Waals surface area (Å²) < 4.78 is 6.81. The Hall–Kier alpha value is -4.95. The van der Waals surface area contributed by atoms with Crippen molar-refractivity contribution in [3.8, 4) is 34.2 Å². The fourth-order valence-electron chi connectivity index (χ4n) is 4.84. The van der Waals surface area contributed by atoms with E-state index in [4.69, 9.17) is 15.5 Å². The van der Waals surface area contributed by atoms with E-state index in [9.17, 15) is 5.26 Å². The molecule has 0 atom stereocenters. The average molecular weight is 507 g/mol. The van der Waals surface area contributed by atoms with Crippen molar-refractivity contribution in [2.75, 3.05) is 43.9 Å². The highest BCUT2D eigenvalue weighted by atomic mass is 16.5. The number of nitrogens with one attached hydrogen (secondary N) is 1. The van der Waals surface area contributed by atoms with Gasteiger partial charge >= 0.3 is 0 Å². The first-order valence-corrected chi connectivity index (χ1v) is 12.3. The van der Waals surface area contributed by atoms with E-state index in [0.717, 1.165) is 60.8 Å². The van der Waals surface area contributed by atoms with E-state index >= 15 is 0 Å². The Bertz CT molecular complexity index is 1590. The fraction of sp³-hybridized carbons (Fsp3) is 0.222. The van der Waals surface area contributed by atoms with Crippen molar-refractivity contribution in [3.05, 3.63) is 72.4 Å². The van der Waals surface area contributed by atoms with Crippen LogP contribution in [-0.2, 0) is 6.54 Å². The molecular formula is C27H26N10O. The van der Waals surface area contributed by atoms with Crippen LogP contribution in [0.15, 0.2) is 61.3 Å². The number of nitrogens with two attached hydrogens (primary N) is 1. The monoisotopic (exact) mass is 506 g/mol. The van der Waals surface area contributed by atoms with Gasteiger partial charge in [-0.25, -0.2) is 14.5 Å². The second-order valence-electron chi connectivity index (χ2n) is 9.17. The lowest BCUT2D eigenvalue weighted by Gasteiger charge is -2.35. The number of rotatable bonds is 6. The second-order valence-corrected chi connectivity index (χ2v) is 9.17. The van der Waals surface area contributed by atoms with Crippen LogP contribution in [0, 0.1) is 11.3 Å². The SMILES string of the molecule is COc1ccc(CN2CCN(c3ccc(-c4cc(-c5cn[nH]c5)cn5nc(N)c(C#N)c45)cn3)CC2)cn1. The third-order valence-electron chi connectivity index (χ3n) is 6.87. The van der Waals surface area contributed by atoms with Crippen LogP contribution in [0.25, 0.3) is 27.8 Å². The molecule has 6 heterocycles. The standard InChI is InChI=1S/C27H26N10O/c1-38-25-5-2-18(12-31-25)16-35-6-8-36(9-7-35)24-4-3-19(13-30-24)22-10-20(21-14-32-33-15-21)17-37-26(22)23(11-28)27(29)34-37/h2-5,10,12-15,17H,6-9,16H2,1H3,(H2,29,34)(H,32,33). The van der Waals surface area contributed by atoms with Gasteiger partial charge in [0.1, 0.15) is 17.5 Å². The van der Waals surface area contributed by atoms with Gasteiger partial charge < -0.3 is 15.4 Å². The number of pyridine rings is 3. The number of hydrogen-bond donors (Lipinski definition) is 2. The van der Waals surface area contributed by atoms with Gasteiger partial charge in [0.2, 0.25) is 5.88 Å². The number of nitriles is 1. The Kier molecular flexibility index (Phi) is 6.07. The average Bonchev–Trinajstić information content (AvgIpc) is 3.61. The van der Waals surface area contributed by atoms with Crippen molar-refractivity contribution in [3.63, 3.8) is 0 Å². The molecule has 0 radical (unpaired) electrons. The van der Waals surface area contributed by atoms with Crippen LogP contribution in [0.3, 0.4) is 0 Å². The smallest absolute Gasteiger partial charge is 0.212 e. The summed E-state index contributed by atoms with van der Waals surface area (Å²) in [6.07, 6.45) is 9.13. The predicted octanol–water partition coefficient (Wildman–Crippen LogP) is 2.97. The van der Waals surface area contributed by atoms with Crippen LogP contribution in [0.2, 0.25) is 0 Å². The first-order chi connectivity index (χ1) is 18.6. The molecule has 38 heavy (non-hydrogen) atoms. The van der Waals surface area contributed by atoms with Crippen molar-refractivity contribution in [2.24, 2.45) is 0 Å². The number of methoxy groups -OCH3 is 1. The molecule has 0 amide bonds. The topological polar surface area (TPSA) is 137 Å². The summed E-state index contributed by atoms with van der Waals surface area (Å²) in [5, 5.41) is 21.0. The van der Waals surface area contributed by atoms with Crippen molar-refractivity contribution in [1.29, 1.82) is 5.26 Å². The van der Waals surface area contributed by atoms with Gasteiger partial charge in [-0.15, -0.1) is 5.10 Å². The highest BCUT2D eigenvalue weighted by molar-refractivity contribution is 5.90.